The van der Waals surface area contributed by atoms with Crippen LogP contribution in [0.25, 0.3) is 5.70 Å². The molecule has 3 amide bonds. The van der Waals surface area contributed by atoms with Gasteiger partial charge in [0.2, 0.25) is 17.7 Å². The lowest BCUT2D eigenvalue weighted by Gasteiger charge is -2.31. The van der Waals surface area contributed by atoms with Crippen molar-refractivity contribution in [2.24, 2.45) is 5.73 Å². The molecule has 1 atom stereocenters. The third kappa shape index (κ3) is 7.63. The molecule has 1 saturated heterocycles. The molecule has 0 aliphatic carbocycles. The molecule has 30 heavy (non-hydrogen) atoms. The van der Waals surface area contributed by atoms with Gasteiger partial charge < -0.3 is 16.0 Å². The number of rotatable bonds is 2. The van der Waals surface area contributed by atoms with E-state index in [-0.39, 0.29) is 29.3 Å². The van der Waals surface area contributed by atoms with Crippen molar-refractivity contribution in [2.75, 3.05) is 7.05 Å². The highest BCUT2D eigenvalue weighted by molar-refractivity contribution is 6.01. The summed E-state index contributed by atoms with van der Waals surface area (Å²) in [5.74, 6) is -0.374. The molecule has 166 valence electrons. The summed E-state index contributed by atoms with van der Waals surface area (Å²) in [6.07, 6.45) is 1.94. The van der Waals surface area contributed by atoms with E-state index in [1.165, 1.54) is 18.1 Å². The van der Waals surface area contributed by atoms with Gasteiger partial charge in [0, 0.05) is 43.7 Å². The number of benzene rings is 1. The van der Waals surface area contributed by atoms with Crippen LogP contribution in [0.1, 0.15) is 64.2 Å². The second-order valence-electron chi connectivity index (χ2n) is 8.51. The molecule has 7 nitrogen and oxygen atoms in total. The van der Waals surface area contributed by atoms with Crippen LogP contribution >= 0.6 is 0 Å². The first-order valence-corrected chi connectivity index (χ1v) is 10.3. The summed E-state index contributed by atoms with van der Waals surface area (Å²) in [7, 11) is 1.60. The van der Waals surface area contributed by atoms with Crippen LogP contribution in [-0.2, 0) is 27.3 Å². The van der Waals surface area contributed by atoms with Crippen LogP contribution in [-0.4, -0.2) is 41.2 Å². The molecule has 2 aliphatic heterocycles. The maximum Gasteiger partial charge on any atom is 0.249 e. The summed E-state index contributed by atoms with van der Waals surface area (Å²) in [5.41, 5.74) is 9.95. The molecule has 2 aliphatic rings. The smallest absolute Gasteiger partial charge is 0.249 e. The van der Waals surface area contributed by atoms with E-state index in [1.807, 2.05) is 31.7 Å². The molecule has 7 heteroatoms. The number of imide groups is 1. The zero-order chi connectivity index (χ0) is 23.1. The Labute approximate surface area is 180 Å². The van der Waals surface area contributed by atoms with Gasteiger partial charge in [0.1, 0.15) is 6.04 Å². The molecule has 1 aromatic rings. The number of amides is 3. The van der Waals surface area contributed by atoms with Crippen molar-refractivity contribution >= 4 is 23.4 Å². The summed E-state index contributed by atoms with van der Waals surface area (Å²) in [6.45, 7) is 14.4. The van der Waals surface area contributed by atoms with Gasteiger partial charge in [-0.05, 0) is 44.7 Å². The fourth-order valence-corrected chi connectivity index (χ4v) is 3.12. The van der Waals surface area contributed by atoms with Gasteiger partial charge in [-0.2, -0.15) is 0 Å². The maximum atomic E-state index is 12.0. The standard InChI is InChI=1S/C16H18N2O2.C4H11N.C3H7NO/c1-3-11-5-4-6-12-10(2)18(9-13(11)12)14-7-8-15(19)17-16(14)20;1-4(2,3)5;1-3(5)4-2/h4-6,14H,2-3,7-9H2,1H3,(H,17,19,20);5H2,1-3H3;1-2H3,(H,4,5). The van der Waals surface area contributed by atoms with Gasteiger partial charge >= 0.3 is 0 Å². The Morgan fingerprint density at radius 2 is 1.90 bits per heavy atom. The minimum absolute atomic E-state index is 0. The van der Waals surface area contributed by atoms with Crippen molar-refractivity contribution in [3.63, 3.8) is 0 Å². The Kier molecular flexibility index (Phi) is 9.23. The predicted octanol–water partition coefficient (Wildman–Crippen LogP) is 2.34. The molecular weight excluding hydrogens is 380 g/mol. The van der Waals surface area contributed by atoms with Crippen LogP contribution in [0.3, 0.4) is 0 Å². The molecule has 4 N–H and O–H groups in total. The molecule has 0 spiro atoms. The van der Waals surface area contributed by atoms with Crippen molar-refractivity contribution in [3.05, 3.63) is 41.5 Å². The molecule has 0 saturated carbocycles. The minimum Gasteiger partial charge on any atom is -0.359 e. The summed E-state index contributed by atoms with van der Waals surface area (Å²) < 4.78 is 0. The van der Waals surface area contributed by atoms with E-state index in [9.17, 15) is 14.4 Å². The molecule has 0 aromatic heterocycles. The van der Waals surface area contributed by atoms with Crippen LogP contribution in [0.4, 0.5) is 0 Å². The second-order valence-corrected chi connectivity index (χ2v) is 8.51. The van der Waals surface area contributed by atoms with Crippen molar-refractivity contribution < 1.29 is 14.4 Å². The first-order chi connectivity index (χ1) is 13.9. The lowest BCUT2D eigenvalue weighted by atomic mass is 10.0. The van der Waals surface area contributed by atoms with E-state index in [0.29, 0.717) is 19.4 Å². The van der Waals surface area contributed by atoms with Crippen molar-refractivity contribution in [2.45, 2.75) is 72.0 Å². The molecule has 3 rings (SSSR count). The number of carbonyl (C=O) groups excluding carboxylic acids is 3. The number of nitrogens with one attached hydrogen (secondary N) is 2. The normalized spacial score (nSPS) is 17.8. The number of nitrogens with two attached hydrogens (primary N) is 1. The van der Waals surface area contributed by atoms with Crippen LogP contribution in [0.5, 0.6) is 0 Å². The van der Waals surface area contributed by atoms with Gasteiger partial charge in [-0.25, -0.2) is 0 Å². The van der Waals surface area contributed by atoms with E-state index < -0.39 is 0 Å². The van der Waals surface area contributed by atoms with Crippen LogP contribution in [0.2, 0.25) is 0 Å². The highest BCUT2D eigenvalue weighted by Gasteiger charge is 2.36. The van der Waals surface area contributed by atoms with Gasteiger partial charge in [0.15, 0.2) is 0 Å². The second kappa shape index (κ2) is 10.9. The number of piperidine rings is 1. The van der Waals surface area contributed by atoms with E-state index >= 15 is 0 Å². The molecular formula is C23H36N4O3. The molecule has 1 aromatic carbocycles. The Morgan fingerprint density at radius 3 is 2.37 bits per heavy atom. The fourth-order valence-electron chi connectivity index (χ4n) is 3.12. The average molecular weight is 417 g/mol. The van der Waals surface area contributed by atoms with Crippen molar-refractivity contribution in [1.82, 2.24) is 15.5 Å². The third-order valence-corrected chi connectivity index (χ3v) is 4.58. The van der Waals surface area contributed by atoms with Gasteiger partial charge in [0.25, 0.3) is 0 Å². The summed E-state index contributed by atoms with van der Waals surface area (Å²) in [5, 5.41) is 4.81. The lowest BCUT2D eigenvalue weighted by molar-refractivity contribution is -0.136. The zero-order valence-electron chi connectivity index (χ0n) is 19.1. The largest absolute Gasteiger partial charge is 0.359 e. The quantitative estimate of drug-likeness (QED) is 0.642. The number of aryl methyl sites for hydroxylation is 1. The number of fused-ring (bicyclic) bond motifs is 1. The highest BCUT2D eigenvalue weighted by atomic mass is 16.2. The summed E-state index contributed by atoms with van der Waals surface area (Å²) >= 11 is 0. The van der Waals surface area contributed by atoms with Crippen LogP contribution in [0, 0.1) is 0 Å². The van der Waals surface area contributed by atoms with Crippen LogP contribution in [0.15, 0.2) is 24.8 Å². The van der Waals surface area contributed by atoms with E-state index in [1.54, 1.807) is 7.05 Å². The van der Waals surface area contributed by atoms with Crippen molar-refractivity contribution in [3.8, 4) is 0 Å². The third-order valence-electron chi connectivity index (χ3n) is 4.58. The van der Waals surface area contributed by atoms with E-state index in [4.69, 9.17) is 5.73 Å². The van der Waals surface area contributed by atoms with E-state index in [2.05, 4.69) is 36.3 Å². The number of nitrogens with zero attached hydrogens (tertiary/aromatic N) is 1. The van der Waals surface area contributed by atoms with E-state index in [0.717, 1.165) is 17.7 Å². The molecule has 0 bridgehead atoms. The first kappa shape index (κ1) is 25.4. The summed E-state index contributed by atoms with van der Waals surface area (Å²) in [6, 6.07) is 5.94. The summed E-state index contributed by atoms with van der Waals surface area (Å²) in [4.78, 5) is 35.0. The molecule has 0 radical (unpaired) electrons. The number of hydrogen-bond donors (Lipinski definition) is 3. The number of carbonyl (C=O) groups is 3. The SMILES string of the molecule is C=C1c2cccc(CC)c2CN1C1CCC(=O)NC1=O.CC(C)(C)N.CNC(C)=O. The molecule has 1 unspecified atom stereocenters. The van der Waals surface area contributed by atoms with Crippen molar-refractivity contribution in [1.29, 1.82) is 0 Å². The maximum absolute atomic E-state index is 12.0. The average Bonchev–Trinajstić information content (AvgIpc) is 2.97. The topological polar surface area (TPSA) is 105 Å². The molecule has 1 fully saturated rings. The minimum atomic E-state index is -0.280. The van der Waals surface area contributed by atoms with Gasteiger partial charge in [-0.1, -0.05) is 31.7 Å². The van der Waals surface area contributed by atoms with Gasteiger partial charge in [-0.3, -0.25) is 19.7 Å². The lowest BCUT2D eigenvalue weighted by Crippen LogP contribution is -2.50. The molecule has 2 heterocycles. The number of hydrogen-bond acceptors (Lipinski definition) is 5. The Balaban J connectivity index is 0.000000378. The highest BCUT2D eigenvalue weighted by Crippen LogP contribution is 2.36. The van der Waals surface area contributed by atoms with Gasteiger partial charge in [0.05, 0.1) is 0 Å². The monoisotopic (exact) mass is 416 g/mol. The van der Waals surface area contributed by atoms with Crippen LogP contribution < -0.4 is 16.4 Å². The zero-order valence-corrected chi connectivity index (χ0v) is 19.1. The first-order valence-electron chi connectivity index (χ1n) is 10.3. The Bertz CT molecular complexity index is 790. The van der Waals surface area contributed by atoms with Gasteiger partial charge in [-0.15, -0.1) is 0 Å². The predicted molar refractivity (Wildman–Crippen MR) is 120 cm³/mol. The Hall–Kier alpha value is -2.67. The fraction of sp³-hybridized carbons (Fsp3) is 0.522. The Morgan fingerprint density at radius 1 is 1.33 bits per heavy atom.